The molecule has 0 fully saturated rings. The van der Waals surface area contributed by atoms with Gasteiger partial charge in [-0.1, -0.05) is 0 Å². The van der Waals surface area contributed by atoms with Crippen molar-refractivity contribution in [3.63, 3.8) is 0 Å². The Morgan fingerprint density at radius 2 is 1.03 bits per heavy atom. The van der Waals surface area contributed by atoms with E-state index in [9.17, 15) is 9.59 Å². The van der Waals surface area contributed by atoms with E-state index in [0.29, 0.717) is 58.2 Å². The molecule has 30 heavy (non-hydrogen) atoms. The van der Waals surface area contributed by atoms with Crippen LogP contribution in [0.25, 0.3) is 45.1 Å². The third-order valence-electron chi connectivity index (χ3n) is 4.61. The molecule has 0 bridgehead atoms. The molecule has 2 heterocycles. The van der Waals surface area contributed by atoms with E-state index < -0.39 is 0 Å². The summed E-state index contributed by atoms with van der Waals surface area (Å²) in [7, 11) is 0. The molecule has 146 valence electrons. The normalized spacial score (nSPS) is 10.9. The molecule has 0 spiro atoms. The number of nitrogens with zero attached hydrogens (tertiary/aromatic N) is 2. The molecule has 5 rings (SSSR count). The van der Waals surface area contributed by atoms with Crippen molar-refractivity contribution in [1.29, 1.82) is 0 Å². The van der Waals surface area contributed by atoms with Crippen molar-refractivity contribution in [1.82, 2.24) is 9.97 Å². The number of rotatable bonds is 6. The SMILES string of the molecule is O=CNc1ccc(-c2nc3cc4oc(-c5ccc(NC=O)cc5)nc4cc3o2)cc1. The van der Waals surface area contributed by atoms with Crippen LogP contribution in [0.5, 0.6) is 0 Å². The van der Waals surface area contributed by atoms with Crippen molar-refractivity contribution in [2.24, 2.45) is 0 Å². The Labute approximate surface area is 169 Å². The first kappa shape index (κ1) is 17.6. The predicted molar refractivity (Wildman–Crippen MR) is 112 cm³/mol. The molecule has 0 aliphatic heterocycles. The molecule has 8 nitrogen and oxygen atoms in total. The van der Waals surface area contributed by atoms with Crippen molar-refractivity contribution in [3.05, 3.63) is 60.7 Å². The van der Waals surface area contributed by atoms with Gasteiger partial charge in [-0.05, 0) is 48.5 Å². The monoisotopic (exact) mass is 398 g/mol. The van der Waals surface area contributed by atoms with Crippen LogP contribution < -0.4 is 10.6 Å². The zero-order valence-electron chi connectivity index (χ0n) is 15.5. The third kappa shape index (κ3) is 3.16. The number of nitrogens with one attached hydrogen (secondary N) is 2. The lowest BCUT2D eigenvalue weighted by Gasteiger charge is -1.99. The van der Waals surface area contributed by atoms with Crippen molar-refractivity contribution >= 4 is 46.4 Å². The molecule has 2 aromatic heterocycles. The Kier molecular flexibility index (Phi) is 4.21. The summed E-state index contributed by atoms with van der Waals surface area (Å²) in [6.07, 6.45) is 1.25. The van der Waals surface area contributed by atoms with Gasteiger partial charge in [-0.15, -0.1) is 0 Å². The number of hydrogen-bond donors (Lipinski definition) is 2. The molecule has 8 heteroatoms. The average molecular weight is 398 g/mol. The lowest BCUT2D eigenvalue weighted by Crippen LogP contribution is -1.92. The van der Waals surface area contributed by atoms with Crippen LogP contribution >= 0.6 is 0 Å². The van der Waals surface area contributed by atoms with E-state index in [1.54, 1.807) is 36.4 Å². The van der Waals surface area contributed by atoms with Crippen LogP contribution in [-0.4, -0.2) is 22.8 Å². The Morgan fingerprint density at radius 3 is 1.40 bits per heavy atom. The molecule has 2 amide bonds. The molecule has 3 aromatic carbocycles. The van der Waals surface area contributed by atoms with Crippen LogP contribution in [-0.2, 0) is 9.59 Å². The van der Waals surface area contributed by atoms with Crippen molar-refractivity contribution in [2.45, 2.75) is 0 Å². The number of oxazole rings is 2. The number of fused-ring (bicyclic) bond motifs is 2. The van der Waals surface area contributed by atoms with Gasteiger partial charge in [-0.2, -0.15) is 0 Å². The summed E-state index contributed by atoms with van der Waals surface area (Å²) in [5, 5.41) is 5.18. The Hall–Kier alpha value is -4.46. The lowest BCUT2D eigenvalue weighted by atomic mass is 10.2. The molecular formula is C22H14N4O4. The van der Waals surface area contributed by atoms with E-state index in [4.69, 9.17) is 8.83 Å². The minimum Gasteiger partial charge on any atom is -0.436 e. The third-order valence-corrected chi connectivity index (χ3v) is 4.61. The van der Waals surface area contributed by atoms with Gasteiger partial charge in [-0.3, -0.25) is 9.59 Å². The quantitative estimate of drug-likeness (QED) is 0.409. The van der Waals surface area contributed by atoms with Gasteiger partial charge in [0.15, 0.2) is 11.2 Å². The highest BCUT2D eigenvalue weighted by atomic mass is 16.4. The summed E-state index contributed by atoms with van der Waals surface area (Å²) in [6.45, 7) is 0. The summed E-state index contributed by atoms with van der Waals surface area (Å²) in [5.74, 6) is 0.933. The fourth-order valence-corrected chi connectivity index (χ4v) is 3.15. The van der Waals surface area contributed by atoms with Crippen LogP contribution in [0.1, 0.15) is 0 Å². The highest BCUT2D eigenvalue weighted by Gasteiger charge is 2.14. The minimum absolute atomic E-state index is 0.466. The maximum Gasteiger partial charge on any atom is 0.227 e. The minimum atomic E-state index is 0.466. The highest BCUT2D eigenvalue weighted by Crippen LogP contribution is 2.31. The maximum atomic E-state index is 10.5. The Balaban J connectivity index is 1.48. The number of benzene rings is 3. The second kappa shape index (κ2) is 7.17. The standard InChI is InChI=1S/C22H14N4O4/c27-11-23-15-5-1-13(2-6-15)21-25-17-9-20-18(10-19(17)29-21)26-22(30-20)14-3-7-16(8-4-14)24-12-28/h1-12H,(H,23,27)(H,24,28). The summed E-state index contributed by atoms with van der Waals surface area (Å²) >= 11 is 0. The summed E-state index contributed by atoms with van der Waals surface area (Å²) in [5.41, 5.74) is 5.45. The van der Waals surface area contributed by atoms with E-state index in [2.05, 4.69) is 20.6 Å². The molecule has 0 unspecified atom stereocenters. The Bertz CT molecular complexity index is 1210. The molecule has 0 atom stereocenters. The van der Waals surface area contributed by atoms with Crippen LogP contribution in [0.15, 0.2) is 69.5 Å². The van der Waals surface area contributed by atoms with Crippen molar-refractivity contribution in [3.8, 4) is 22.9 Å². The molecule has 0 saturated heterocycles. The number of anilines is 2. The van der Waals surface area contributed by atoms with Gasteiger partial charge in [0, 0.05) is 34.6 Å². The second-order valence-electron chi connectivity index (χ2n) is 6.50. The van der Waals surface area contributed by atoms with Gasteiger partial charge >= 0.3 is 0 Å². The average Bonchev–Trinajstić information content (AvgIpc) is 3.36. The van der Waals surface area contributed by atoms with Crippen molar-refractivity contribution in [2.75, 3.05) is 10.6 Å². The summed E-state index contributed by atoms with van der Waals surface area (Å²) < 4.78 is 11.8. The second-order valence-corrected chi connectivity index (χ2v) is 6.50. The summed E-state index contributed by atoms with van der Waals surface area (Å²) in [4.78, 5) is 30.1. The van der Waals surface area contributed by atoms with Crippen LogP contribution in [0, 0.1) is 0 Å². The van der Waals surface area contributed by atoms with E-state index >= 15 is 0 Å². The van der Waals surface area contributed by atoms with E-state index in [-0.39, 0.29) is 0 Å². The van der Waals surface area contributed by atoms with Crippen LogP contribution in [0.2, 0.25) is 0 Å². The molecule has 0 radical (unpaired) electrons. The predicted octanol–water partition coefficient (Wildman–Crippen LogP) is 4.44. The van der Waals surface area contributed by atoms with Gasteiger partial charge in [0.1, 0.15) is 11.0 Å². The van der Waals surface area contributed by atoms with E-state index in [0.717, 1.165) is 11.1 Å². The first-order chi connectivity index (χ1) is 14.7. The number of amides is 2. The largest absolute Gasteiger partial charge is 0.436 e. The maximum absolute atomic E-state index is 10.5. The fourth-order valence-electron chi connectivity index (χ4n) is 3.15. The molecule has 0 aliphatic rings. The molecule has 0 saturated carbocycles. The smallest absolute Gasteiger partial charge is 0.227 e. The van der Waals surface area contributed by atoms with Gasteiger partial charge in [0.05, 0.1) is 0 Å². The number of aromatic nitrogens is 2. The highest BCUT2D eigenvalue weighted by molar-refractivity contribution is 5.91. The van der Waals surface area contributed by atoms with Gasteiger partial charge in [0.2, 0.25) is 24.6 Å². The number of hydrogen-bond acceptors (Lipinski definition) is 6. The molecular weight excluding hydrogens is 384 g/mol. The van der Waals surface area contributed by atoms with Gasteiger partial charge in [-0.25, -0.2) is 9.97 Å². The summed E-state index contributed by atoms with van der Waals surface area (Å²) in [6, 6.07) is 17.9. The van der Waals surface area contributed by atoms with E-state index in [1.165, 1.54) is 0 Å². The first-order valence-corrected chi connectivity index (χ1v) is 9.06. The van der Waals surface area contributed by atoms with Crippen LogP contribution in [0.4, 0.5) is 11.4 Å². The molecule has 5 aromatic rings. The zero-order valence-corrected chi connectivity index (χ0v) is 15.5. The van der Waals surface area contributed by atoms with Crippen LogP contribution in [0.3, 0.4) is 0 Å². The Morgan fingerprint density at radius 1 is 0.633 bits per heavy atom. The zero-order chi connectivity index (χ0) is 20.5. The van der Waals surface area contributed by atoms with E-state index in [1.807, 2.05) is 24.3 Å². The fraction of sp³-hybridized carbons (Fsp3) is 0. The van der Waals surface area contributed by atoms with Gasteiger partial charge < -0.3 is 19.5 Å². The van der Waals surface area contributed by atoms with Crippen molar-refractivity contribution < 1.29 is 18.4 Å². The topological polar surface area (TPSA) is 110 Å². The lowest BCUT2D eigenvalue weighted by molar-refractivity contribution is -0.106. The molecule has 0 aliphatic carbocycles. The number of carbonyl (C=O) groups is 2. The number of carbonyl (C=O) groups excluding carboxylic acids is 2. The molecule has 2 N–H and O–H groups in total. The van der Waals surface area contributed by atoms with Gasteiger partial charge in [0.25, 0.3) is 0 Å². The first-order valence-electron chi connectivity index (χ1n) is 9.06.